The normalized spacial score (nSPS) is 11.7. The first kappa shape index (κ1) is 14.8. The molecule has 22 heavy (non-hydrogen) atoms. The zero-order valence-corrected chi connectivity index (χ0v) is 13.1. The Morgan fingerprint density at radius 3 is 2.32 bits per heavy atom. The fraction of sp³-hybridized carbons (Fsp3) is 0.111. The summed E-state index contributed by atoms with van der Waals surface area (Å²) in [5, 5.41) is 1.95. The molecule has 112 valence electrons. The molecule has 0 aliphatic rings. The van der Waals surface area contributed by atoms with Crippen molar-refractivity contribution in [3.63, 3.8) is 0 Å². The van der Waals surface area contributed by atoms with Crippen LogP contribution < -0.4 is 4.72 Å². The van der Waals surface area contributed by atoms with Crippen molar-refractivity contribution in [1.82, 2.24) is 4.72 Å². The molecule has 3 nitrogen and oxygen atoms in total. The van der Waals surface area contributed by atoms with Gasteiger partial charge in [0.25, 0.3) is 0 Å². The molecule has 0 atom stereocenters. The van der Waals surface area contributed by atoms with Gasteiger partial charge in [0.2, 0.25) is 10.0 Å². The first-order valence-electron chi connectivity index (χ1n) is 7.09. The van der Waals surface area contributed by atoms with Crippen LogP contribution in [0.2, 0.25) is 0 Å². The highest BCUT2D eigenvalue weighted by molar-refractivity contribution is 7.89. The van der Waals surface area contributed by atoms with Crippen molar-refractivity contribution in [1.29, 1.82) is 0 Å². The Morgan fingerprint density at radius 2 is 1.55 bits per heavy atom. The average molecular weight is 311 g/mol. The predicted octanol–water partition coefficient (Wildman–Crippen LogP) is 3.63. The smallest absolute Gasteiger partial charge is 0.207 e. The van der Waals surface area contributed by atoms with Crippen LogP contribution in [0.4, 0.5) is 0 Å². The van der Waals surface area contributed by atoms with Crippen LogP contribution in [-0.2, 0) is 16.6 Å². The van der Waals surface area contributed by atoms with Gasteiger partial charge in [-0.25, -0.2) is 13.1 Å². The Morgan fingerprint density at radius 1 is 0.864 bits per heavy atom. The first-order chi connectivity index (χ1) is 10.6. The third-order valence-electron chi connectivity index (χ3n) is 3.75. The fourth-order valence-corrected chi connectivity index (χ4v) is 3.44. The molecule has 0 heterocycles. The molecule has 0 aromatic heterocycles. The summed E-state index contributed by atoms with van der Waals surface area (Å²) in [4.78, 5) is 0.291. The summed E-state index contributed by atoms with van der Waals surface area (Å²) < 4.78 is 27.6. The van der Waals surface area contributed by atoms with Gasteiger partial charge >= 0.3 is 0 Å². The van der Waals surface area contributed by atoms with Crippen LogP contribution in [-0.4, -0.2) is 8.42 Å². The Kier molecular flexibility index (Phi) is 3.96. The molecule has 0 aliphatic carbocycles. The van der Waals surface area contributed by atoms with Gasteiger partial charge in [-0.05, 0) is 41.0 Å². The number of benzene rings is 3. The molecule has 0 radical (unpaired) electrons. The molecule has 3 aromatic rings. The van der Waals surface area contributed by atoms with E-state index in [1.165, 1.54) is 0 Å². The molecule has 1 N–H and O–H groups in total. The van der Waals surface area contributed by atoms with Crippen LogP contribution in [0.1, 0.15) is 11.1 Å². The van der Waals surface area contributed by atoms with Crippen molar-refractivity contribution in [2.24, 2.45) is 0 Å². The minimum absolute atomic E-state index is 0.291. The third-order valence-corrected chi connectivity index (χ3v) is 5.14. The highest BCUT2D eigenvalue weighted by Crippen LogP contribution is 2.19. The fourth-order valence-electron chi connectivity index (χ4n) is 2.40. The maximum absolute atomic E-state index is 12.4. The van der Waals surface area contributed by atoms with Crippen LogP contribution in [0.15, 0.2) is 71.6 Å². The SMILES string of the molecule is Cc1ccccc1CNS(=O)(=O)c1ccc2ccccc2c1. The Hall–Kier alpha value is -2.17. The maximum atomic E-state index is 12.4. The van der Waals surface area contributed by atoms with Crippen molar-refractivity contribution in [2.75, 3.05) is 0 Å². The van der Waals surface area contributed by atoms with Gasteiger partial charge in [0, 0.05) is 6.54 Å². The minimum Gasteiger partial charge on any atom is -0.207 e. The number of rotatable bonds is 4. The number of sulfonamides is 1. The Balaban J connectivity index is 1.87. The van der Waals surface area contributed by atoms with Gasteiger partial charge < -0.3 is 0 Å². The van der Waals surface area contributed by atoms with Gasteiger partial charge in [-0.3, -0.25) is 0 Å². The molecule has 0 unspecified atom stereocenters. The van der Waals surface area contributed by atoms with E-state index in [1.54, 1.807) is 12.1 Å². The number of hydrogen-bond donors (Lipinski definition) is 1. The molecule has 0 spiro atoms. The second-order valence-corrected chi connectivity index (χ2v) is 7.03. The van der Waals surface area contributed by atoms with Gasteiger partial charge in [0.15, 0.2) is 0 Å². The van der Waals surface area contributed by atoms with E-state index in [-0.39, 0.29) is 0 Å². The molecule has 0 bridgehead atoms. The van der Waals surface area contributed by atoms with Gasteiger partial charge in [0.1, 0.15) is 0 Å². The summed E-state index contributed by atoms with van der Waals surface area (Å²) in [5.74, 6) is 0. The lowest BCUT2D eigenvalue weighted by Crippen LogP contribution is -2.23. The Bertz CT molecular complexity index is 917. The molecule has 0 saturated heterocycles. The average Bonchev–Trinajstić information content (AvgIpc) is 2.54. The summed E-state index contributed by atoms with van der Waals surface area (Å²) >= 11 is 0. The van der Waals surface area contributed by atoms with E-state index in [2.05, 4.69) is 4.72 Å². The molecule has 0 saturated carbocycles. The van der Waals surface area contributed by atoms with Crippen LogP contribution in [0, 0.1) is 6.92 Å². The standard InChI is InChI=1S/C18H17NO2S/c1-14-6-2-3-9-17(14)13-19-22(20,21)18-11-10-15-7-4-5-8-16(15)12-18/h2-12,19H,13H2,1H3. The second-order valence-electron chi connectivity index (χ2n) is 5.26. The summed E-state index contributed by atoms with van der Waals surface area (Å²) in [6.45, 7) is 2.27. The lowest BCUT2D eigenvalue weighted by molar-refractivity contribution is 0.581. The Labute approximate surface area is 130 Å². The quantitative estimate of drug-likeness (QED) is 0.800. The number of aryl methyl sites for hydroxylation is 1. The molecule has 3 rings (SSSR count). The second kappa shape index (κ2) is 5.91. The number of fused-ring (bicyclic) bond motifs is 1. The van der Waals surface area contributed by atoms with Crippen molar-refractivity contribution in [2.45, 2.75) is 18.4 Å². The zero-order valence-electron chi connectivity index (χ0n) is 12.3. The van der Waals surface area contributed by atoms with Crippen molar-refractivity contribution < 1.29 is 8.42 Å². The van der Waals surface area contributed by atoms with E-state index >= 15 is 0 Å². The first-order valence-corrected chi connectivity index (χ1v) is 8.57. The summed E-state index contributed by atoms with van der Waals surface area (Å²) in [7, 11) is -3.52. The van der Waals surface area contributed by atoms with Crippen molar-refractivity contribution in [3.8, 4) is 0 Å². The van der Waals surface area contributed by atoms with Crippen LogP contribution in [0.5, 0.6) is 0 Å². The monoisotopic (exact) mass is 311 g/mol. The van der Waals surface area contributed by atoms with Gasteiger partial charge in [0.05, 0.1) is 4.90 Å². The van der Waals surface area contributed by atoms with Gasteiger partial charge in [-0.15, -0.1) is 0 Å². The molecule has 0 amide bonds. The lowest BCUT2D eigenvalue weighted by Gasteiger charge is -2.09. The largest absolute Gasteiger partial charge is 0.240 e. The van der Waals surface area contributed by atoms with Gasteiger partial charge in [-0.2, -0.15) is 0 Å². The summed E-state index contributed by atoms with van der Waals surface area (Å²) in [6, 6.07) is 20.6. The number of hydrogen-bond acceptors (Lipinski definition) is 2. The van der Waals surface area contributed by atoms with Crippen LogP contribution in [0.3, 0.4) is 0 Å². The van der Waals surface area contributed by atoms with Crippen molar-refractivity contribution in [3.05, 3.63) is 77.9 Å². The molecule has 0 aliphatic heterocycles. The van der Waals surface area contributed by atoms with Crippen LogP contribution >= 0.6 is 0 Å². The van der Waals surface area contributed by atoms with E-state index in [0.29, 0.717) is 11.4 Å². The maximum Gasteiger partial charge on any atom is 0.240 e. The molecule has 0 fully saturated rings. The number of nitrogens with one attached hydrogen (secondary N) is 1. The highest BCUT2D eigenvalue weighted by Gasteiger charge is 2.14. The summed E-state index contributed by atoms with van der Waals surface area (Å²) in [5.41, 5.74) is 2.05. The molecular formula is C18H17NO2S. The summed E-state index contributed by atoms with van der Waals surface area (Å²) in [6.07, 6.45) is 0. The third kappa shape index (κ3) is 3.03. The zero-order chi connectivity index (χ0) is 15.6. The van der Waals surface area contributed by atoms with E-state index < -0.39 is 10.0 Å². The molecule has 3 aromatic carbocycles. The van der Waals surface area contributed by atoms with Crippen molar-refractivity contribution >= 4 is 20.8 Å². The molecular weight excluding hydrogens is 294 g/mol. The van der Waals surface area contributed by atoms with E-state index in [9.17, 15) is 8.42 Å². The predicted molar refractivity (Wildman–Crippen MR) is 89.2 cm³/mol. The van der Waals surface area contributed by atoms with E-state index in [4.69, 9.17) is 0 Å². The van der Waals surface area contributed by atoms with E-state index in [0.717, 1.165) is 21.9 Å². The lowest BCUT2D eigenvalue weighted by atomic mass is 10.1. The van der Waals surface area contributed by atoms with E-state index in [1.807, 2.05) is 61.5 Å². The molecule has 4 heteroatoms. The van der Waals surface area contributed by atoms with Crippen LogP contribution in [0.25, 0.3) is 10.8 Å². The minimum atomic E-state index is -3.52. The topological polar surface area (TPSA) is 46.2 Å². The van der Waals surface area contributed by atoms with Gasteiger partial charge in [-0.1, -0.05) is 54.6 Å². The highest BCUT2D eigenvalue weighted by atomic mass is 32.2.